The molecule has 1 aliphatic rings. The number of fused-ring (bicyclic) bond motifs is 10. The van der Waals surface area contributed by atoms with Crippen LogP contribution in [0.2, 0.25) is 0 Å². The van der Waals surface area contributed by atoms with Crippen molar-refractivity contribution in [2.75, 3.05) is 0 Å². The van der Waals surface area contributed by atoms with E-state index in [1.807, 2.05) is 36.4 Å². The molecule has 222 valence electrons. The van der Waals surface area contributed by atoms with E-state index in [-0.39, 0.29) is 5.41 Å². The zero-order chi connectivity index (χ0) is 31.3. The Bertz CT molecular complexity index is 2700. The first-order valence-electron chi connectivity index (χ1n) is 16.1. The maximum absolute atomic E-state index is 6.28. The average molecular weight is 604 g/mol. The molecule has 47 heavy (non-hydrogen) atoms. The van der Waals surface area contributed by atoms with Gasteiger partial charge in [-0.3, -0.25) is 0 Å². The van der Waals surface area contributed by atoms with Crippen molar-refractivity contribution in [3.8, 4) is 39.5 Å². The third-order valence-corrected chi connectivity index (χ3v) is 10.0. The second kappa shape index (κ2) is 9.51. The van der Waals surface area contributed by atoms with Gasteiger partial charge in [0.25, 0.3) is 0 Å². The predicted octanol–water partition coefficient (Wildman–Crippen LogP) is 11.1. The SMILES string of the molecule is CC1(C)c2ccccc2-c2ccc3c(c21)c1ccccc1n3-c1ccc(-c2nc(-c3ccccc3)c3c(n2)oc2ccccc23)cc1. The van der Waals surface area contributed by atoms with Crippen molar-refractivity contribution in [1.82, 2.24) is 14.5 Å². The van der Waals surface area contributed by atoms with Gasteiger partial charge in [-0.05, 0) is 64.7 Å². The molecule has 0 spiro atoms. The van der Waals surface area contributed by atoms with Crippen LogP contribution in [0.5, 0.6) is 0 Å². The van der Waals surface area contributed by atoms with Gasteiger partial charge in [-0.15, -0.1) is 0 Å². The van der Waals surface area contributed by atoms with Gasteiger partial charge in [0, 0.05) is 38.4 Å². The number of nitrogens with zero attached hydrogens (tertiary/aromatic N) is 3. The smallest absolute Gasteiger partial charge is 0.231 e. The highest BCUT2D eigenvalue weighted by Crippen LogP contribution is 2.53. The Kier molecular flexibility index (Phi) is 5.31. The topological polar surface area (TPSA) is 43.9 Å². The standard InChI is InChI=1S/C43H29N3O/c1-43(2)33-17-9-6-14-29(33)30-24-25-35-37(39(30)43)31-15-7-10-18-34(31)46(35)28-22-20-27(21-23-28)41-44-40(26-12-4-3-5-13-26)38-32-16-8-11-19-36(32)47-42(38)45-41/h3-25H,1-2H3. The van der Waals surface area contributed by atoms with Crippen LogP contribution in [-0.4, -0.2) is 14.5 Å². The summed E-state index contributed by atoms with van der Waals surface area (Å²) in [6.07, 6.45) is 0. The van der Waals surface area contributed by atoms with Crippen LogP contribution >= 0.6 is 0 Å². The molecule has 10 rings (SSSR count). The number of hydrogen-bond donors (Lipinski definition) is 0. The Balaban J connectivity index is 1.16. The minimum Gasteiger partial charge on any atom is -0.438 e. The quantitative estimate of drug-likeness (QED) is 0.202. The molecule has 6 aromatic carbocycles. The van der Waals surface area contributed by atoms with Crippen LogP contribution in [0.15, 0.2) is 144 Å². The fourth-order valence-electron chi connectivity index (χ4n) is 7.93. The van der Waals surface area contributed by atoms with Gasteiger partial charge in [-0.25, -0.2) is 4.98 Å². The Labute approximate surface area is 271 Å². The molecular formula is C43H29N3O. The minimum atomic E-state index is -0.104. The fourth-order valence-corrected chi connectivity index (χ4v) is 7.93. The lowest BCUT2D eigenvalue weighted by atomic mass is 9.80. The van der Waals surface area contributed by atoms with E-state index < -0.39 is 0 Å². The van der Waals surface area contributed by atoms with Gasteiger partial charge in [-0.1, -0.05) is 111 Å². The monoisotopic (exact) mass is 603 g/mol. The molecule has 0 fully saturated rings. The molecule has 0 N–H and O–H groups in total. The summed E-state index contributed by atoms with van der Waals surface area (Å²) in [6, 6.07) is 49.3. The molecule has 0 bridgehead atoms. The van der Waals surface area contributed by atoms with E-state index in [9.17, 15) is 0 Å². The summed E-state index contributed by atoms with van der Waals surface area (Å²) in [5.74, 6) is 0.640. The molecule has 0 unspecified atom stereocenters. The first-order valence-corrected chi connectivity index (χ1v) is 16.1. The van der Waals surface area contributed by atoms with E-state index in [0.29, 0.717) is 11.5 Å². The van der Waals surface area contributed by atoms with Crippen LogP contribution in [0.1, 0.15) is 25.0 Å². The van der Waals surface area contributed by atoms with E-state index in [4.69, 9.17) is 14.4 Å². The molecule has 4 nitrogen and oxygen atoms in total. The predicted molar refractivity (Wildman–Crippen MR) is 192 cm³/mol. The van der Waals surface area contributed by atoms with Crippen LogP contribution < -0.4 is 0 Å². The highest BCUT2D eigenvalue weighted by Gasteiger charge is 2.38. The average Bonchev–Trinajstić information content (AvgIpc) is 3.74. The maximum atomic E-state index is 6.28. The summed E-state index contributed by atoms with van der Waals surface area (Å²) in [6.45, 7) is 4.72. The summed E-state index contributed by atoms with van der Waals surface area (Å²) in [7, 11) is 0. The Hall–Kier alpha value is -6.00. The molecule has 0 amide bonds. The van der Waals surface area contributed by atoms with Gasteiger partial charge in [0.1, 0.15) is 5.58 Å². The summed E-state index contributed by atoms with van der Waals surface area (Å²) in [4.78, 5) is 10.1. The van der Waals surface area contributed by atoms with E-state index >= 15 is 0 Å². The van der Waals surface area contributed by atoms with Crippen molar-refractivity contribution in [3.63, 3.8) is 0 Å². The molecule has 0 atom stereocenters. The summed E-state index contributed by atoms with van der Waals surface area (Å²) < 4.78 is 8.67. The van der Waals surface area contributed by atoms with E-state index in [2.05, 4.69) is 122 Å². The van der Waals surface area contributed by atoms with Crippen LogP contribution in [0.3, 0.4) is 0 Å². The van der Waals surface area contributed by atoms with E-state index in [1.165, 1.54) is 44.1 Å². The summed E-state index contributed by atoms with van der Waals surface area (Å²) in [5, 5.41) is 4.56. The second-order valence-corrected chi connectivity index (χ2v) is 13.0. The lowest BCUT2D eigenvalue weighted by molar-refractivity contribution is 0.653. The van der Waals surface area contributed by atoms with Gasteiger partial charge in [0.05, 0.1) is 22.1 Å². The maximum Gasteiger partial charge on any atom is 0.231 e. The number of para-hydroxylation sites is 2. The fraction of sp³-hybridized carbons (Fsp3) is 0.0698. The van der Waals surface area contributed by atoms with Crippen LogP contribution in [-0.2, 0) is 5.41 Å². The van der Waals surface area contributed by atoms with Gasteiger partial charge in [0.15, 0.2) is 5.82 Å². The van der Waals surface area contributed by atoms with Crippen LogP contribution in [0.25, 0.3) is 83.3 Å². The third kappa shape index (κ3) is 3.64. The zero-order valence-electron chi connectivity index (χ0n) is 26.0. The number of aromatic nitrogens is 3. The number of benzene rings is 6. The first kappa shape index (κ1) is 26.2. The van der Waals surface area contributed by atoms with E-state index in [1.54, 1.807) is 0 Å². The van der Waals surface area contributed by atoms with Gasteiger partial charge >= 0.3 is 0 Å². The van der Waals surface area contributed by atoms with Gasteiger partial charge < -0.3 is 8.98 Å². The van der Waals surface area contributed by atoms with E-state index in [0.717, 1.165) is 38.9 Å². The van der Waals surface area contributed by atoms with Crippen molar-refractivity contribution in [3.05, 3.63) is 151 Å². The first-order chi connectivity index (χ1) is 23.1. The van der Waals surface area contributed by atoms with Crippen molar-refractivity contribution in [2.45, 2.75) is 19.3 Å². The molecule has 0 saturated carbocycles. The zero-order valence-corrected chi connectivity index (χ0v) is 26.0. The third-order valence-electron chi connectivity index (χ3n) is 10.0. The summed E-state index contributed by atoms with van der Waals surface area (Å²) in [5.41, 5.74) is 13.1. The number of hydrogen-bond acceptors (Lipinski definition) is 3. The lowest BCUT2D eigenvalue weighted by Crippen LogP contribution is -2.15. The molecular weight excluding hydrogens is 574 g/mol. The van der Waals surface area contributed by atoms with Crippen LogP contribution in [0, 0.1) is 0 Å². The highest BCUT2D eigenvalue weighted by molar-refractivity contribution is 6.14. The molecule has 0 saturated heterocycles. The molecule has 3 heterocycles. The van der Waals surface area contributed by atoms with Crippen LogP contribution in [0.4, 0.5) is 0 Å². The highest BCUT2D eigenvalue weighted by atomic mass is 16.3. The molecule has 0 aliphatic heterocycles. The number of furan rings is 1. The largest absolute Gasteiger partial charge is 0.438 e. The minimum absolute atomic E-state index is 0.104. The molecule has 3 aromatic heterocycles. The Morgan fingerprint density at radius 3 is 2.13 bits per heavy atom. The van der Waals surface area contributed by atoms with Crippen molar-refractivity contribution >= 4 is 43.9 Å². The van der Waals surface area contributed by atoms with Gasteiger partial charge in [-0.2, -0.15) is 4.98 Å². The normalized spacial score (nSPS) is 13.5. The van der Waals surface area contributed by atoms with Gasteiger partial charge in [0.2, 0.25) is 5.71 Å². The van der Waals surface area contributed by atoms with Crippen molar-refractivity contribution < 1.29 is 4.42 Å². The Morgan fingerprint density at radius 1 is 0.553 bits per heavy atom. The lowest BCUT2D eigenvalue weighted by Gasteiger charge is -2.22. The molecule has 0 radical (unpaired) electrons. The molecule has 4 heteroatoms. The van der Waals surface area contributed by atoms with Crippen molar-refractivity contribution in [1.29, 1.82) is 0 Å². The molecule has 1 aliphatic carbocycles. The van der Waals surface area contributed by atoms with Crippen molar-refractivity contribution in [2.24, 2.45) is 0 Å². The second-order valence-electron chi connectivity index (χ2n) is 13.0. The Morgan fingerprint density at radius 2 is 1.28 bits per heavy atom. The summed E-state index contributed by atoms with van der Waals surface area (Å²) >= 11 is 0. The molecule has 9 aromatic rings. The number of rotatable bonds is 3.